The fraction of sp³-hybridized carbons (Fsp3) is 0.368. The topological polar surface area (TPSA) is 58.2 Å². The Bertz CT molecular complexity index is 774. The molecule has 1 fully saturated rings. The normalized spacial score (nSPS) is 16.1. The molecule has 7 heteroatoms. The van der Waals surface area contributed by atoms with Gasteiger partial charge in [0.1, 0.15) is 17.7 Å². The maximum absolute atomic E-state index is 13.9. The molecule has 2 amide bonds. The lowest BCUT2D eigenvalue weighted by atomic mass is 9.95. The summed E-state index contributed by atoms with van der Waals surface area (Å²) < 4.78 is 26.9. The van der Waals surface area contributed by atoms with Gasteiger partial charge in [0.2, 0.25) is 5.91 Å². The van der Waals surface area contributed by atoms with Gasteiger partial charge in [-0.1, -0.05) is 25.3 Å². The molecular weight excluding hydrogens is 358 g/mol. The molecule has 26 heavy (non-hydrogen) atoms. The van der Waals surface area contributed by atoms with Gasteiger partial charge in [-0.15, -0.1) is 11.3 Å². The number of amides is 2. The first kappa shape index (κ1) is 18.5. The predicted molar refractivity (Wildman–Crippen MR) is 95.9 cm³/mol. The molecule has 0 bridgehead atoms. The molecule has 0 aliphatic heterocycles. The van der Waals surface area contributed by atoms with Gasteiger partial charge in [-0.3, -0.25) is 9.59 Å². The summed E-state index contributed by atoms with van der Waals surface area (Å²) in [5, 5.41) is 7.38. The molecule has 1 atom stereocenters. The Hall–Kier alpha value is -2.28. The third kappa shape index (κ3) is 4.46. The number of carbonyl (C=O) groups excluding carboxylic acids is 2. The van der Waals surface area contributed by atoms with E-state index < -0.39 is 23.6 Å². The van der Waals surface area contributed by atoms with Crippen LogP contribution in [0.1, 0.15) is 53.4 Å². The van der Waals surface area contributed by atoms with Gasteiger partial charge in [0.15, 0.2) is 0 Å². The van der Waals surface area contributed by atoms with Crippen LogP contribution >= 0.6 is 11.3 Å². The second-order valence-electron chi connectivity index (χ2n) is 6.39. The molecule has 1 heterocycles. The van der Waals surface area contributed by atoms with Crippen LogP contribution in [0.5, 0.6) is 0 Å². The van der Waals surface area contributed by atoms with Crippen molar-refractivity contribution in [1.82, 2.24) is 10.6 Å². The number of benzene rings is 1. The van der Waals surface area contributed by atoms with Crippen LogP contribution in [0.15, 0.2) is 35.7 Å². The van der Waals surface area contributed by atoms with Crippen molar-refractivity contribution in [3.05, 3.63) is 57.8 Å². The van der Waals surface area contributed by atoms with Gasteiger partial charge < -0.3 is 10.6 Å². The Labute approximate surface area is 154 Å². The molecule has 0 radical (unpaired) electrons. The van der Waals surface area contributed by atoms with Crippen molar-refractivity contribution in [3.8, 4) is 0 Å². The smallest absolute Gasteiger partial charge is 0.255 e. The van der Waals surface area contributed by atoms with E-state index in [0.717, 1.165) is 37.8 Å². The number of rotatable bonds is 5. The van der Waals surface area contributed by atoms with E-state index in [-0.39, 0.29) is 17.5 Å². The van der Waals surface area contributed by atoms with Crippen LogP contribution in [0.4, 0.5) is 8.78 Å². The average Bonchev–Trinajstić information content (AvgIpc) is 3.14. The van der Waals surface area contributed by atoms with Crippen LogP contribution in [-0.4, -0.2) is 17.9 Å². The fourth-order valence-corrected chi connectivity index (χ4v) is 3.91. The summed E-state index contributed by atoms with van der Waals surface area (Å²) in [5.74, 6) is -2.78. The Morgan fingerprint density at radius 2 is 1.88 bits per heavy atom. The van der Waals surface area contributed by atoms with E-state index >= 15 is 0 Å². The maximum Gasteiger partial charge on any atom is 0.255 e. The highest BCUT2D eigenvalue weighted by Crippen LogP contribution is 2.23. The van der Waals surface area contributed by atoms with E-state index in [1.807, 2.05) is 0 Å². The predicted octanol–water partition coefficient (Wildman–Crippen LogP) is 3.95. The summed E-state index contributed by atoms with van der Waals surface area (Å²) >= 11 is 1.34. The van der Waals surface area contributed by atoms with Crippen molar-refractivity contribution >= 4 is 23.2 Å². The Kier molecular flexibility index (Phi) is 5.98. The molecule has 138 valence electrons. The van der Waals surface area contributed by atoms with Crippen LogP contribution in [0.25, 0.3) is 0 Å². The lowest BCUT2D eigenvalue weighted by molar-refractivity contribution is -0.124. The second kappa shape index (κ2) is 8.40. The summed E-state index contributed by atoms with van der Waals surface area (Å²) in [6.45, 7) is 0. The first-order chi connectivity index (χ1) is 12.5. The zero-order chi connectivity index (χ0) is 18.5. The van der Waals surface area contributed by atoms with Gasteiger partial charge in [-0.2, -0.15) is 0 Å². The van der Waals surface area contributed by atoms with Gasteiger partial charge in [0, 0.05) is 17.0 Å². The van der Waals surface area contributed by atoms with Gasteiger partial charge in [-0.25, -0.2) is 8.78 Å². The maximum atomic E-state index is 13.9. The van der Waals surface area contributed by atoms with E-state index in [9.17, 15) is 18.4 Å². The standard InChI is InChI=1S/C19H20F2N2O2S/c20-12-8-9-14(15(21)11-12)18(24)23-17(16-7-4-10-26-16)19(25)22-13-5-2-1-3-6-13/h4,7-11,13,17H,1-3,5-6H2,(H,22,25)(H,23,24). The molecule has 1 aromatic carbocycles. The van der Waals surface area contributed by atoms with Crippen molar-refractivity contribution in [2.75, 3.05) is 0 Å². The molecule has 3 rings (SSSR count). The summed E-state index contributed by atoms with van der Waals surface area (Å²) in [5.41, 5.74) is -0.293. The van der Waals surface area contributed by atoms with Crippen LogP contribution in [0.2, 0.25) is 0 Å². The number of hydrogen-bond donors (Lipinski definition) is 2. The second-order valence-corrected chi connectivity index (χ2v) is 7.37. The minimum absolute atomic E-state index is 0.0955. The zero-order valence-electron chi connectivity index (χ0n) is 14.1. The number of halogens is 2. The summed E-state index contributed by atoms with van der Waals surface area (Å²) in [6, 6.07) is 5.46. The van der Waals surface area contributed by atoms with Crippen molar-refractivity contribution < 1.29 is 18.4 Å². The molecule has 1 saturated carbocycles. The van der Waals surface area contributed by atoms with E-state index in [2.05, 4.69) is 10.6 Å². The quantitative estimate of drug-likeness (QED) is 0.828. The van der Waals surface area contributed by atoms with E-state index in [4.69, 9.17) is 0 Å². The Morgan fingerprint density at radius 1 is 1.12 bits per heavy atom. The van der Waals surface area contributed by atoms with Crippen molar-refractivity contribution in [2.45, 2.75) is 44.2 Å². The number of carbonyl (C=O) groups is 2. The third-order valence-electron chi connectivity index (χ3n) is 4.49. The Balaban J connectivity index is 1.75. The largest absolute Gasteiger partial charge is 0.351 e. The monoisotopic (exact) mass is 378 g/mol. The Morgan fingerprint density at radius 3 is 2.54 bits per heavy atom. The van der Waals surface area contributed by atoms with Crippen molar-refractivity contribution in [2.24, 2.45) is 0 Å². The van der Waals surface area contributed by atoms with Crippen LogP contribution < -0.4 is 10.6 Å². The molecule has 4 nitrogen and oxygen atoms in total. The summed E-state index contributed by atoms with van der Waals surface area (Å²) in [4.78, 5) is 25.8. The highest BCUT2D eigenvalue weighted by atomic mass is 32.1. The molecule has 1 unspecified atom stereocenters. The zero-order valence-corrected chi connectivity index (χ0v) is 15.0. The molecular formula is C19H20F2N2O2S. The molecule has 1 aromatic heterocycles. The number of nitrogens with one attached hydrogen (secondary N) is 2. The van der Waals surface area contributed by atoms with Gasteiger partial charge in [0.05, 0.1) is 5.56 Å². The highest BCUT2D eigenvalue weighted by molar-refractivity contribution is 7.10. The van der Waals surface area contributed by atoms with Crippen LogP contribution in [0, 0.1) is 11.6 Å². The third-order valence-corrected chi connectivity index (χ3v) is 5.43. The first-order valence-corrected chi connectivity index (χ1v) is 9.52. The molecule has 1 aliphatic rings. The van der Waals surface area contributed by atoms with Crippen LogP contribution in [-0.2, 0) is 4.79 Å². The van der Waals surface area contributed by atoms with Crippen LogP contribution in [0.3, 0.4) is 0 Å². The molecule has 2 N–H and O–H groups in total. The summed E-state index contributed by atoms with van der Waals surface area (Å²) in [7, 11) is 0. The minimum Gasteiger partial charge on any atom is -0.351 e. The van der Waals surface area contributed by atoms with Crippen molar-refractivity contribution in [3.63, 3.8) is 0 Å². The first-order valence-electron chi connectivity index (χ1n) is 8.64. The molecule has 0 saturated heterocycles. The van der Waals surface area contributed by atoms with Crippen molar-refractivity contribution in [1.29, 1.82) is 0 Å². The van der Waals surface area contributed by atoms with Gasteiger partial charge in [0.25, 0.3) is 5.91 Å². The van der Waals surface area contributed by atoms with E-state index in [0.29, 0.717) is 10.9 Å². The number of hydrogen-bond acceptors (Lipinski definition) is 3. The number of thiophene rings is 1. The average molecular weight is 378 g/mol. The lowest BCUT2D eigenvalue weighted by Crippen LogP contribution is -2.44. The van der Waals surface area contributed by atoms with E-state index in [1.165, 1.54) is 17.8 Å². The molecule has 1 aliphatic carbocycles. The summed E-state index contributed by atoms with van der Waals surface area (Å²) in [6.07, 6.45) is 5.15. The minimum atomic E-state index is -0.958. The van der Waals surface area contributed by atoms with E-state index in [1.54, 1.807) is 17.5 Å². The van der Waals surface area contributed by atoms with Gasteiger partial charge >= 0.3 is 0 Å². The lowest BCUT2D eigenvalue weighted by Gasteiger charge is -2.25. The van der Waals surface area contributed by atoms with Gasteiger partial charge in [-0.05, 0) is 36.4 Å². The molecule has 2 aromatic rings. The fourth-order valence-electron chi connectivity index (χ4n) is 3.14. The SMILES string of the molecule is O=C(NC(C(=O)NC1CCCCC1)c1cccs1)c1ccc(F)cc1F. The molecule has 0 spiro atoms. The highest BCUT2D eigenvalue weighted by Gasteiger charge is 2.27.